The van der Waals surface area contributed by atoms with Crippen LogP contribution in [0.4, 0.5) is 5.69 Å². The molecule has 0 amide bonds. The average Bonchev–Trinajstić information content (AvgIpc) is 2.31. The number of rotatable bonds is 3. The van der Waals surface area contributed by atoms with Gasteiger partial charge in [-0.1, -0.05) is 18.2 Å². The van der Waals surface area contributed by atoms with Crippen LogP contribution >= 0.6 is 0 Å². The maximum Gasteiger partial charge on any atom is 0.169 e. The fourth-order valence-electron chi connectivity index (χ4n) is 1.51. The third kappa shape index (κ3) is 2.21. The molecule has 0 aliphatic rings. The van der Waals surface area contributed by atoms with Crippen molar-refractivity contribution in [1.29, 1.82) is 0 Å². The van der Waals surface area contributed by atoms with Crippen LogP contribution in [0.1, 0.15) is 0 Å². The van der Waals surface area contributed by atoms with E-state index in [4.69, 9.17) is 4.84 Å². The fourth-order valence-corrected chi connectivity index (χ4v) is 1.51. The zero-order valence-corrected chi connectivity index (χ0v) is 8.55. The van der Waals surface area contributed by atoms with E-state index in [1.807, 2.05) is 36.5 Å². The zero-order valence-electron chi connectivity index (χ0n) is 8.55. The molecule has 0 atom stereocenters. The van der Waals surface area contributed by atoms with Crippen molar-refractivity contribution in [2.24, 2.45) is 0 Å². The van der Waals surface area contributed by atoms with E-state index in [9.17, 15) is 0 Å². The first-order chi connectivity index (χ1) is 7.42. The summed E-state index contributed by atoms with van der Waals surface area (Å²) < 4.78 is 0. The molecule has 1 heterocycles. The SMILES string of the molecule is CO[NH2+]c1ccccc1-c1cccnc1. The molecule has 0 unspecified atom stereocenters. The lowest BCUT2D eigenvalue weighted by Gasteiger charge is -2.04. The van der Waals surface area contributed by atoms with Crippen molar-refractivity contribution in [2.75, 3.05) is 7.11 Å². The summed E-state index contributed by atoms with van der Waals surface area (Å²) in [5, 5.41) is 0. The highest BCUT2D eigenvalue weighted by atomic mass is 16.6. The molecule has 0 fully saturated rings. The van der Waals surface area contributed by atoms with E-state index < -0.39 is 0 Å². The van der Waals surface area contributed by atoms with Crippen LogP contribution in [0.3, 0.4) is 0 Å². The van der Waals surface area contributed by atoms with E-state index in [0.29, 0.717) is 0 Å². The first-order valence-corrected chi connectivity index (χ1v) is 4.77. The van der Waals surface area contributed by atoms with Gasteiger partial charge in [-0.2, -0.15) is 5.48 Å². The minimum Gasteiger partial charge on any atom is -0.264 e. The van der Waals surface area contributed by atoms with E-state index >= 15 is 0 Å². The van der Waals surface area contributed by atoms with Crippen LogP contribution in [0.25, 0.3) is 11.1 Å². The van der Waals surface area contributed by atoms with Gasteiger partial charge in [-0.3, -0.25) is 4.98 Å². The predicted octanol–water partition coefficient (Wildman–Crippen LogP) is 1.50. The molecule has 0 aliphatic heterocycles. The van der Waals surface area contributed by atoms with E-state index in [1.165, 1.54) is 0 Å². The molecule has 2 aromatic rings. The lowest BCUT2D eigenvalue weighted by molar-refractivity contribution is -0.829. The Kier molecular flexibility index (Phi) is 3.07. The highest BCUT2D eigenvalue weighted by Gasteiger charge is 2.07. The Morgan fingerprint density at radius 3 is 2.73 bits per heavy atom. The molecule has 0 bridgehead atoms. The number of nitrogens with two attached hydrogens (primary N) is 1. The number of hydrogen-bond donors (Lipinski definition) is 1. The molecule has 3 nitrogen and oxygen atoms in total. The first-order valence-electron chi connectivity index (χ1n) is 4.77. The number of pyridine rings is 1. The lowest BCUT2D eigenvalue weighted by Crippen LogP contribution is -2.76. The third-order valence-corrected chi connectivity index (χ3v) is 2.18. The zero-order chi connectivity index (χ0) is 10.5. The summed E-state index contributed by atoms with van der Waals surface area (Å²) in [6, 6.07) is 12.0. The molecule has 76 valence electrons. The summed E-state index contributed by atoms with van der Waals surface area (Å²) in [4.78, 5) is 9.15. The van der Waals surface area contributed by atoms with E-state index in [-0.39, 0.29) is 0 Å². The molecule has 2 N–H and O–H groups in total. The summed E-state index contributed by atoms with van der Waals surface area (Å²) in [7, 11) is 1.65. The topological polar surface area (TPSA) is 38.7 Å². The van der Waals surface area contributed by atoms with Crippen molar-refractivity contribution in [3.63, 3.8) is 0 Å². The van der Waals surface area contributed by atoms with Gasteiger partial charge in [-0.05, 0) is 12.1 Å². The standard InChI is InChI=1S/C12H12N2O/c1-15-14-12-7-3-2-6-11(12)10-5-4-8-13-9-10/h2-9,14H,1H3/p+1. The molecular weight excluding hydrogens is 188 g/mol. The van der Waals surface area contributed by atoms with Crippen molar-refractivity contribution < 1.29 is 10.3 Å². The van der Waals surface area contributed by atoms with Crippen LogP contribution in [-0.4, -0.2) is 12.1 Å². The first kappa shape index (κ1) is 9.83. The number of benzene rings is 1. The van der Waals surface area contributed by atoms with Crippen LogP contribution in [0.2, 0.25) is 0 Å². The van der Waals surface area contributed by atoms with Gasteiger partial charge in [0.15, 0.2) is 5.69 Å². The van der Waals surface area contributed by atoms with Gasteiger partial charge in [0.2, 0.25) is 0 Å². The fraction of sp³-hybridized carbons (Fsp3) is 0.0833. The molecule has 2 rings (SSSR count). The Hall–Kier alpha value is -1.71. The number of hydrogen-bond acceptors (Lipinski definition) is 2. The highest BCUT2D eigenvalue weighted by molar-refractivity contribution is 5.71. The van der Waals surface area contributed by atoms with Gasteiger partial charge in [0.1, 0.15) is 0 Å². The van der Waals surface area contributed by atoms with Crippen molar-refractivity contribution in [1.82, 2.24) is 4.98 Å². The monoisotopic (exact) mass is 201 g/mol. The molecule has 3 heteroatoms. The lowest BCUT2D eigenvalue weighted by atomic mass is 10.1. The Balaban J connectivity index is 2.43. The smallest absolute Gasteiger partial charge is 0.169 e. The summed E-state index contributed by atoms with van der Waals surface area (Å²) in [5.41, 5.74) is 5.03. The predicted molar refractivity (Wildman–Crippen MR) is 58.3 cm³/mol. The molecule has 0 aliphatic carbocycles. The van der Waals surface area contributed by atoms with Gasteiger partial charge in [0.05, 0.1) is 7.11 Å². The van der Waals surface area contributed by atoms with Crippen molar-refractivity contribution in [3.8, 4) is 11.1 Å². The number of aromatic nitrogens is 1. The second-order valence-corrected chi connectivity index (χ2v) is 3.18. The maximum atomic E-state index is 5.04. The second kappa shape index (κ2) is 4.68. The van der Waals surface area contributed by atoms with Crippen LogP contribution in [0.15, 0.2) is 48.8 Å². The van der Waals surface area contributed by atoms with Crippen molar-refractivity contribution in [3.05, 3.63) is 48.8 Å². The molecule has 1 aromatic carbocycles. The van der Waals surface area contributed by atoms with Crippen molar-refractivity contribution >= 4 is 5.69 Å². The summed E-state index contributed by atoms with van der Waals surface area (Å²) in [6.07, 6.45) is 3.62. The van der Waals surface area contributed by atoms with Crippen LogP contribution < -0.4 is 5.48 Å². The van der Waals surface area contributed by atoms with Gasteiger partial charge in [-0.25, -0.2) is 4.84 Å². The van der Waals surface area contributed by atoms with Gasteiger partial charge >= 0.3 is 0 Å². The van der Waals surface area contributed by atoms with Crippen LogP contribution in [-0.2, 0) is 4.84 Å². The maximum absolute atomic E-state index is 5.04. The summed E-state index contributed by atoms with van der Waals surface area (Å²) in [6.45, 7) is 0. The Morgan fingerprint density at radius 2 is 2.00 bits per heavy atom. The normalized spacial score (nSPS) is 10.2. The second-order valence-electron chi connectivity index (χ2n) is 3.18. The molecule has 0 radical (unpaired) electrons. The largest absolute Gasteiger partial charge is 0.264 e. The Bertz CT molecular complexity index is 429. The highest BCUT2D eigenvalue weighted by Crippen LogP contribution is 2.23. The minimum atomic E-state index is 1.06. The molecule has 0 saturated heterocycles. The Labute approximate surface area is 88.7 Å². The quantitative estimate of drug-likeness (QED) is 0.603. The molecule has 1 aromatic heterocycles. The average molecular weight is 201 g/mol. The number of nitrogens with zero attached hydrogens (tertiary/aromatic N) is 1. The Morgan fingerprint density at radius 1 is 1.13 bits per heavy atom. The summed E-state index contributed by atoms with van der Waals surface area (Å²) >= 11 is 0. The van der Waals surface area contributed by atoms with E-state index in [1.54, 1.807) is 18.8 Å². The number of quaternary nitrogens is 1. The van der Waals surface area contributed by atoms with E-state index in [0.717, 1.165) is 16.8 Å². The molecule has 0 spiro atoms. The van der Waals surface area contributed by atoms with E-state index in [2.05, 4.69) is 11.1 Å². The third-order valence-electron chi connectivity index (χ3n) is 2.18. The van der Waals surface area contributed by atoms with Crippen LogP contribution in [0.5, 0.6) is 0 Å². The van der Waals surface area contributed by atoms with Gasteiger partial charge in [0, 0.05) is 29.6 Å². The summed E-state index contributed by atoms with van der Waals surface area (Å²) in [5.74, 6) is 0. The van der Waals surface area contributed by atoms with Crippen molar-refractivity contribution in [2.45, 2.75) is 0 Å². The molecule has 0 saturated carbocycles. The minimum absolute atomic E-state index is 1.06. The van der Waals surface area contributed by atoms with Gasteiger partial charge in [-0.15, -0.1) is 0 Å². The van der Waals surface area contributed by atoms with Gasteiger partial charge in [0.25, 0.3) is 0 Å². The van der Waals surface area contributed by atoms with Crippen LogP contribution in [0, 0.1) is 0 Å². The molecular formula is C12H13N2O+. The van der Waals surface area contributed by atoms with Gasteiger partial charge < -0.3 is 0 Å². The molecule has 15 heavy (non-hydrogen) atoms.